The highest BCUT2D eigenvalue weighted by atomic mass is 16.6. The fourth-order valence-corrected chi connectivity index (χ4v) is 3.38. The second-order valence-electron chi connectivity index (χ2n) is 9.68. The molecule has 1 aliphatic heterocycles. The number of hydrogen-bond acceptors (Lipinski definition) is 5. The van der Waals surface area contributed by atoms with Crippen molar-refractivity contribution in [3.63, 3.8) is 0 Å². The van der Waals surface area contributed by atoms with Crippen molar-refractivity contribution in [2.45, 2.75) is 65.6 Å². The van der Waals surface area contributed by atoms with Crippen molar-refractivity contribution < 1.29 is 23.9 Å². The predicted octanol–water partition coefficient (Wildman–Crippen LogP) is 2.80. The quantitative estimate of drug-likeness (QED) is 0.568. The lowest BCUT2D eigenvalue weighted by molar-refractivity contribution is -0.125. The van der Waals surface area contributed by atoms with Crippen LogP contribution in [-0.4, -0.2) is 55.4 Å². The van der Waals surface area contributed by atoms with E-state index < -0.39 is 17.7 Å². The van der Waals surface area contributed by atoms with Crippen LogP contribution in [0.2, 0.25) is 0 Å². The first-order valence-electron chi connectivity index (χ1n) is 11.2. The van der Waals surface area contributed by atoms with E-state index in [1.54, 1.807) is 32.9 Å². The Labute approximate surface area is 190 Å². The Bertz CT molecular complexity index is 780. The molecule has 8 nitrogen and oxygen atoms in total. The van der Waals surface area contributed by atoms with Crippen molar-refractivity contribution in [2.24, 2.45) is 11.8 Å². The third kappa shape index (κ3) is 8.15. The fraction of sp³-hybridized carbons (Fsp3) is 0.625. The molecule has 0 spiro atoms. The minimum absolute atomic E-state index is 0.0688. The van der Waals surface area contributed by atoms with Crippen LogP contribution in [-0.2, 0) is 14.3 Å². The van der Waals surface area contributed by atoms with Crippen LogP contribution < -0.4 is 16.0 Å². The molecule has 1 heterocycles. The van der Waals surface area contributed by atoms with Gasteiger partial charge in [-0.15, -0.1) is 0 Å². The van der Waals surface area contributed by atoms with Gasteiger partial charge in [-0.2, -0.15) is 0 Å². The molecule has 3 amide bonds. The molecule has 3 unspecified atom stereocenters. The molecule has 0 aromatic heterocycles. The number of rotatable bonds is 8. The Morgan fingerprint density at radius 2 is 1.78 bits per heavy atom. The van der Waals surface area contributed by atoms with E-state index in [1.165, 1.54) is 0 Å². The van der Waals surface area contributed by atoms with E-state index in [0.717, 1.165) is 5.56 Å². The third-order valence-corrected chi connectivity index (χ3v) is 5.32. The van der Waals surface area contributed by atoms with Gasteiger partial charge in [-0.1, -0.05) is 31.5 Å². The normalized spacial score (nSPS) is 18.0. The summed E-state index contributed by atoms with van der Waals surface area (Å²) in [5.41, 5.74) is 0.975. The Morgan fingerprint density at radius 3 is 2.31 bits per heavy atom. The first kappa shape index (κ1) is 25.6. The van der Waals surface area contributed by atoms with Gasteiger partial charge in [-0.3, -0.25) is 9.59 Å². The number of ether oxygens (including phenoxy) is 2. The smallest absolute Gasteiger partial charge is 0.408 e. The van der Waals surface area contributed by atoms with Gasteiger partial charge in [0.05, 0.1) is 6.61 Å². The fourth-order valence-electron chi connectivity index (χ4n) is 3.38. The second-order valence-corrected chi connectivity index (χ2v) is 9.68. The van der Waals surface area contributed by atoms with Gasteiger partial charge in [0.2, 0.25) is 5.91 Å². The largest absolute Gasteiger partial charge is 0.444 e. The minimum atomic E-state index is -0.776. The minimum Gasteiger partial charge on any atom is -0.444 e. The molecule has 8 heteroatoms. The van der Waals surface area contributed by atoms with Gasteiger partial charge >= 0.3 is 6.09 Å². The van der Waals surface area contributed by atoms with Crippen molar-refractivity contribution in [3.8, 4) is 0 Å². The van der Waals surface area contributed by atoms with E-state index in [9.17, 15) is 14.4 Å². The molecule has 3 atom stereocenters. The summed E-state index contributed by atoms with van der Waals surface area (Å²) in [4.78, 5) is 38.0. The van der Waals surface area contributed by atoms with E-state index in [-0.39, 0.29) is 36.2 Å². The number of hydrogen-bond donors (Lipinski definition) is 3. The molecule has 0 bridgehead atoms. The SMILES string of the molecule is Cc1ccc(C(=O)NCC(NC(=O)C(NC(=O)OC(C)(C)C)C2CCOC2)C(C)C)cc1. The average Bonchev–Trinajstić information content (AvgIpc) is 3.22. The average molecular weight is 448 g/mol. The summed E-state index contributed by atoms with van der Waals surface area (Å²) in [5.74, 6) is -0.580. The zero-order valence-electron chi connectivity index (χ0n) is 20.0. The molecular formula is C24H37N3O5. The number of benzene rings is 1. The van der Waals surface area contributed by atoms with E-state index >= 15 is 0 Å². The summed E-state index contributed by atoms with van der Waals surface area (Å²) in [6, 6.07) is 6.23. The van der Waals surface area contributed by atoms with Gasteiger partial charge in [-0.25, -0.2) is 4.79 Å². The number of carbonyl (C=O) groups excluding carboxylic acids is 3. The van der Waals surface area contributed by atoms with Crippen LogP contribution in [0.15, 0.2) is 24.3 Å². The van der Waals surface area contributed by atoms with Crippen LogP contribution in [0.1, 0.15) is 57.0 Å². The van der Waals surface area contributed by atoms with Gasteiger partial charge in [0.1, 0.15) is 11.6 Å². The van der Waals surface area contributed by atoms with E-state index in [2.05, 4.69) is 16.0 Å². The lowest BCUT2D eigenvalue weighted by Gasteiger charge is -2.29. The summed E-state index contributed by atoms with van der Waals surface area (Å²) in [6.45, 7) is 12.4. The molecule has 1 aromatic rings. The molecule has 1 fully saturated rings. The van der Waals surface area contributed by atoms with Crippen LogP contribution in [0, 0.1) is 18.8 Å². The summed E-state index contributed by atoms with van der Waals surface area (Å²) in [5, 5.41) is 8.61. The van der Waals surface area contributed by atoms with E-state index in [4.69, 9.17) is 9.47 Å². The zero-order chi connectivity index (χ0) is 23.9. The molecule has 2 rings (SSSR count). The molecule has 0 aliphatic carbocycles. The number of amides is 3. The lowest BCUT2D eigenvalue weighted by Crippen LogP contribution is -2.56. The maximum absolute atomic E-state index is 13.1. The highest BCUT2D eigenvalue weighted by Crippen LogP contribution is 2.18. The van der Waals surface area contributed by atoms with Crippen molar-refractivity contribution in [2.75, 3.05) is 19.8 Å². The van der Waals surface area contributed by atoms with Crippen molar-refractivity contribution >= 4 is 17.9 Å². The zero-order valence-corrected chi connectivity index (χ0v) is 20.0. The van der Waals surface area contributed by atoms with Crippen LogP contribution in [0.3, 0.4) is 0 Å². The van der Waals surface area contributed by atoms with Gasteiger partial charge in [-0.05, 0) is 52.2 Å². The number of nitrogens with one attached hydrogen (secondary N) is 3. The van der Waals surface area contributed by atoms with E-state index in [1.807, 2.05) is 32.9 Å². The monoisotopic (exact) mass is 447 g/mol. The highest BCUT2D eigenvalue weighted by Gasteiger charge is 2.35. The van der Waals surface area contributed by atoms with Crippen LogP contribution in [0.5, 0.6) is 0 Å². The summed E-state index contributed by atoms with van der Waals surface area (Å²) < 4.78 is 10.8. The van der Waals surface area contributed by atoms with Crippen molar-refractivity contribution in [1.82, 2.24) is 16.0 Å². The van der Waals surface area contributed by atoms with Gasteiger partial charge in [0.25, 0.3) is 5.91 Å². The Hall–Kier alpha value is -2.61. The van der Waals surface area contributed by atoms with Crippen LogP contribution in [0.25, 0.3) is 0 Å². The predicted molar refractivity (Wildman–Crippen MR) is 122 cm³/mol. The molecule has 1 aliphatic rings. The summed E-state index contributed by atoms with van der Waals surface area (Å²) in [6.07, 6.45) is 0.0306. The molecule has 1 aromatic carbocycles. The van der Waals surface area contributed by atoms with Crippen LogP contribution in [0.4, 0.5) is 4.79 Å². The third-order valence-electron chi connectivity index (χ3n) is 5.32. The Balaban J connectivity index is 2.02. The van der Waals surface area contributed by atoms with Crippen molar-refractivity contribution in [1.29, 1.82) is 0 Å². The number of alkyl carbamates (subject to hydrolysis) is 1. The van der Waals surface area contributed by atoms with Gasteiger partial charge in [0, 0.05) is 30.7 Å². The standard InChI is InChI=1S/C24H37N3O5/c1-15(2)19(13-25-21(28)17-9-7-16(3)8-10-17)26-22(29)20(18-11-12-31-14-18)27-23(30)32-24(4,5)6/h7-10,15,18-20H,11-14H2,1-6H3,(H,25,28)(H,26,29)(H,27,30). The van der Waals surface area contributed by atoms with Crippen molar-refractivity contribution in [3.05, 3.63) is 35.4 Å². The molecule has 0 saturated carbocycles. The first-order chi connectivity index (χ1) is 15.0. The maximum Gasteiger partial charge on any atom is 0.408 e. The first-order valence-corrected chi connectivity index (χ1v) is 11.2. The molecule has 3 N–H and O–H groups in total. The number of carbonyl (C=O) groups is 3. The summed E-state index contributed by atoms with van der Waals surface area (Å²) in [7, 11) is 0. The molecule has 0 radical (unpaired) electrons. The Morgan fingerprint density at radius 1 is 1.12 bits per heavy atom. The maximum atomic E-state index is 13.1. The van der Waals surface area contributed by atoms with Gasteiger partial charge in [0.15, 0.2) is 0 Å². The molecular weight excluding hydrogens is 410 g/mol. The van der Waals surface area contributed by atoms with Crippen LogP contribution >= 0.6 is 0 Å². The molecule has 1 saturated heterocycles. The molecule has 32 heavy (non-hydrogen) atoms. The van der Waals surface area contributed by atoms with Gasteiger partial charge < -0.3 is 25.4 Å². The topological polar surface area (TPSA) is 106 Å². The second kappa shape index (κ2) is 11.3. The Kier molecular flexibility index (Phi) is 9.07. The lowest BCUT2D eigenvalue weighted by atomic mass is 9.96. The van der Waals surface area contributed by atoms with E-state index in [0.29, 0.717) is 25.2 Å². The highest BCUT2D eigenvalue weighted by molar-refractivity contribution is 5.94. The number of aryl methyl sites for hydroxylation is 1. The summed E-state index contributed by atoms with van der Waals surface area (Å²) >= 11 is 0. The molecule has 178 valence electrons.